The summed E-state index contributed by atoms with van der Waals surface area (Å²) in [5, 5.41) is 6.63. The molecule has 1 aromatic carbocycles. The van der Waals surface area contributed by atoms with Gasteiger partial charge in [-0.3, -0.25) is 9.38 Å². The first-order chi connectivity index (χ1) is 12.6. The van der Waals surface area contributed by atoms with E-state index in [2.05, 4.69) is 15.2 Å². The number of hydrogen-bond acceptors (Lipinski definition) is 4. The summed E-state index contributed by atoms with van der Waals surface area (Å²) in [5.41, 5.74) is 1.55. The van der Waals surface area contributed by atoms with Crippen molar-refractivity contribution in [3.63, 3.8) is 0 Å². The van der Waals surface area contributed by atoms with Gasteiger partial charge in [0.15, 0.2) is 5.65 Å². The second kappa shape index (κ2) is 5.86. The summed E-state index contributed by atoms with van der Waals surface area (Å²) >= 11 is 0. The van der Waals surface area contributed by atoms with Gasteiger partial charge in [0.05, 0.1) is 11.9 Å². The topological polar surface area (TPSA) is 52.3 Å². The fourth-order valence-corrected chi connectivity index (χ4v) is 3.01. The quantitative estimate of drug-likeness (QED) is 0.632. The molecule has 1 fully saturated rings. The van der Waals surface area contributed by atoms with Gasteiger partial charge in [-0.15, -0.1) is 10.2 Å². The predicted molar refractivity (Wildman–Crippen MR) is 84.6 cm³/mol. The van der Waals surface area contributed by atoms with Crippen LogP contribution >= 0.6 is 0 Å². The van der Waals surface area contributed by atoms with E-state index >= 15 is 0 Å². The van der Waals surface area contributed by atoms with E-state index in [0.29, 0.717) is 22.6 Å². The van der Waals surface area contributed by atoms with Crippen LogP contribution in [0.2, 0.25) is 0 Å². The molecule has 1 aliphatic carbocycles. The molecular weight excluding hydrogens is 371 g/mol. The minimum Gasteiger partial charge on any atom is -0.490 e. The van der Waals surface area contributed by atoms with Gasteiger partial charge in [-0.05, 0) is 30.7 Å². The first-order valence-corrected chi connectivity index (χ1v) is 8.06. The van der Waals surface area contributed by atoms with Crippen molar-refractivity contribution in [1.29, 1.82) is 0 Å². The first kappa shape index (κ1) is 17.6. The molecule has 0 atom stereocenters. The lowest BCUT2D eigenvalue weighted by Crippen LogP contribution is -2.43. The summed E-state index contributed by atoms with van der Waals surface area (Å²) in [6, 6.07) is 4.86. The second-order valence-corrected chi connectivity index (χ2v) is 6.50. The molecule has 0 amide bonds. The summed E-state index contributed by atoms with van der Waals surface area (Å²) in [6.07, 6.45) is -3.40. The van der Waals surface area contributed by atoms with Crippen molar-refractivity contribution >= 4 is 5.65 Å². The van der Waals surface area contributed by atoms with Crippen molar-refractivity contribution in [3.8, 4) is 17.0 Å². The Hall–Kier alpha value is -2.78. The highest BCUT2D eigenvalue weighted by atomic mass is 19.4. The van der Waals surface area contributed by atoms with Crippen molar-refractivity contribution < 1.29 is 26.7 Å². The minimum atomic E-state index is -4.64. The Morgan fingerprint density at radius 3 is 2.56 bits per heavy atom. The lowest BCUT2D eigenvalue weighted by Gasteiger charge is -2.34. The summed E-state index contributed by atoms with van der Waals surface area (Å²) < 4.78 is 71.2. The van der Waals surface area contributed by atoms with Gasteiger partial charge in [0.1, 0.15) is 11.9 Å². The van der Waals surface area contributed by atoms with Crippen LogP contribution < -0.4 is 4.74 Å². The zero-order valence-electron chi connectivity index (χ0n) is 14.0. The van der Waals surface area contributed by atoms with Crippen molar-refractivity contribution in [3.05, 3.63) is 42.0 Å². The van der Waals surface area contributed by atoms with Gasteiger partial charge in [-0.1, -0.05) is 0 Å². The molecule has 1 saturated carbocycles. The Labute approximate surface area is 149 Å². The SMILES string of the molecule is Cc1cc(OC2CC(F)(F)C2)ccc1-c1cn2c(C(F)(F)F)nnc2cn1. The average Bonchev–Trinajstić information content (AvgIpc) is 2.96. The molecular formula is C17H13F5N4O. The molecule has 27 heavy (non-hydrogen) atoms. The zero-order valence-corrected chi connectivity index (χ0v) is 14.0. The van der Waals surface area contributed by atoms with Crippen LogP contribution in [-0.2, 0) is 6.18 Å². The summed E-state index contributed by atoms with van der Waals surface area (Å²) in [5.74, 6) is -3.38. The molecule has 3 aromatic rings. The highest BCUT2D eigenvalue weighted by Crippen LogP contribution is 2.40. The maximum atomic E-state index is 13.0. The van der Waals surface area contributed by atoms with Crippen LogP contribution in [0.3, 0.4) is 0 Å². The molecule has 0 saturated heterocycles. The molecule has 0 radical (unpaired) electrons. The van der Waals surface area contributed by atoms with E-state index in [9.17, 15) is 22.0 Å². The fraction of sp³-hybridized carbons (Fsp3) is 0.353. The third-order valence-electron chi connectivity index (χ3n) is 4.38. The number of hydrogen-bond donors (Lipinski definition) is 0. The van der Waals surface area contributed by atoms with E-state index in [1.165, 1.54) is 12.4 Å². The number of nitrogens with zero attached hydrogens (tertiary/aromatic N) is 4. The van der Waals surface area contributed by atoms with Crippen LogP contribution in [0, 0.1) is 6.92 Å². The van der Waals surface area contributed by atoms with E-state index in [4.69, 9.17) is 4.74 Å². The highest BCUT2D eigenvalue weighted by molar-refractivity contribution is 5.65. The van der Waals surface area contributed by atoms with Gasteiger partial charge in [0.2, 0.25) is 5.82 Å². The van der Waals surface area contributed by atoms with Crippen molar-refractivity contribution in [1.82, 2.24) is 19.6 Å². The van der Waals surface area contributed by atoms with Crippen LogP contribution in [-0.4, -0.2) is 31.6 Å². The predicted octanol–water partition coefficient (Wildman–Crippen LogP) is 4.30. The van der Waals surface area contributed by atoms with Crippen molar-refractivity contribution in [2.75, 3.05) is 0 Å². The van der Waals surface area contributed by atoms with Crippen LogP contribution in [0.4, 0.5) is 22.0 Å². The monoisotopic (exact) mass is 384 g/mol. The van der Waals surface area contributed by atoms with Gasteiger partial charge in [-0.2, -0.15) is 13.2 Å². The first-order valence-electron chi connectivity index (χ1n) is 8.06. The molecule has 0 aliphatic heterocycles. The number of aromatic nitrogens is 4. The molecule has 142 valence electrons. The third kappa shape index (κ3) is 3.31. The summed E-state index contributed by atoms with van der Waals surface area (Å²) in [7, 11) is 0. The average molecular weight is 384 g/mol. The van der Waals surface area contributed by atoms with E-state index in [-0.39, 0.29) is 18.5 Å². The van der Waals surface area contributed by atoms with Crippen molar-refractivity contribution in [2.45, 2.75) is 38.0 Å². The number of halogens is 5. The number of ether oxygens (including phenoxy) is 1. The molecule has 2 heterocycles. The second-order valence-electron chi connectivity index (χ2n) is 6.50. The Morgan fingerprint density at radius 2 is 1.93 bits per heavy atom. The number of benzene rings is 1. The molecule has 0 N–H and O–H groups in total. The normalized spacial score (nSPS) is 17.1. The maximum absolute atomic E-state index is 13.0. The Morgan fingerprint density at radius 1 is 1.19 bits per heavy atom. The number of aryl methyl sites for hydroxylation is 1. The van der Waals surface area contributed by atoms with Gasteiger partial charge >= 0.3 is 6.18 Å². The number of rotatable bonds is 3. The third-order valence-corrected chi connectivity index (χ3v) is 4.38. The fourth-order valence-electron chi connectivity index (χ4n) is 3.01. The van der Waals surface area contributed by atoms with E-state index < -0.39 is 24.0 Å². The van der Waals surface area contributed by atoms with Crippen LogP contribution in [0.5, 0.6) is 5.75 Å². The zero-order chi connectivity index (χ0) is 19.4. The molecule has 4 rings (SSSR count). The summed E-state index contributed by atoms with van der Waals surface area (Å²) in [6.45, 7) is 1.74. The summed E-state index contributed by atoms with van der Waals surface area (Å²) in [4.78, 5) is 4.14. The van der Waals surface area contributed by atoms with E-state index in [1.54, 1.807) is 25.1 Å². The largest absolute Gasteiger partial charge is 0.490 e. The van der Waals surface area contributed by atoms with Crippen LogP contribution in [0.25, 0.3) is 16.9 Å². The van der Waals surface area contributed by atoms with E-state index in [1.807, 2.05) is 0 Å². The lowest BCUT2D eigenvalue weighted by atomic mass is 9.91. The van der Waals surface area contributed by atoms with E-state index in [0.717, 1.165) is 4.40 Å². The maximum Gasteiger partial charge on any atom is 0.452 e. The Balaban J connectivity index is 1.63. The molecule has 0 bridgehead atoms. The molecule has 5 nitrogen and oxygen atoms in total. The molecule has 1 aliphatic rings. The van der Waals surface area contributed by atoms with Gasteiger partial charge in [0, 0.05) is 24.6 Å². The number of fused-ring (bicyclic) bond motifs is 1. The van der Waals surface area contributed by atoms with Crippen LogP contribution in [0.15, 0.2) is 30.6 Å². The van der Waals surface area contributed by atoms with Gasteiger partial charge < -0.3 is 4.74 Å². The highest BCUT2D eigenvalue weighted by Gasteiger charge is 2.47. The molecule has 0 unspecified atom stereocenters. The van der Waals surface area contributed by atoms with Crippen LogP contribution in [0.1, 0.15) is 24.2 Å². The Kier molecular flexibility index (Phi) is 3.83. The Bertz CT molecular complexity index is 1010. The van der Waals surface area contributed by atoms with Gasteiger partial charge in [-0.25, -0.2) is 8.78 Å². The standard InChI is InChI=1S/C17H13F5N4O/c1-9-4-10(27-11-5-16(18,19)6-11)2-3-12(9)13-8-26-14(7-23-13)24-25-15(26)17(20,21)22/h2-4,7-8,11H,5-6H2,1H3. The lowest BCUT2D eigenvalue weighted by molar-refractivity contribution is -0.145. The van der Waals surface area contributed by atoms with Gasteiger partial charge in [0.25, 0.3) is 5.92 Å². The minimum absolute atomic E-state index is 0.0189. The van der Waals surface area contributed by atoms with Crippen molar-refractivity contribution in [2.24, 2.45) is 0 Å². The molecule has 0 spiro atoms. The molecule has 2 aromatic heterocycles. The number of alkyl halides is 5. The smallest absolute Gasteiger partial charge is 0.452 e. The molecule has 10 heteroatoms.